The lowest BCUT2D eigenvalue weighted by Crippen LogP contribution is -2.34. The molecule has 120 valence electrons. The molecular formula is C20H28O2. The van der Waals surface area contributed by atoms with Crippen molar-refractivity contribution >= 4 is 0 Å². The maximum absolute atomic E-state index is 6.01. The number of rotatable bonds is 0. The Morgan fingerprint density at radius 2 is 1.09 bits per heavy atom. The molecule has 2 unspecified atom stereocenters. The van der Waals surface area contributed by atoms with Gasteiger partial charge >= 0.3 is 0 Å². The molecule has 0 N–H and O–H groups in total. The number of aryl methyl sites for hydroxylation is 2. The van der Waals surface area contributed by atoms with E-state index in [1.807, 2.05) is 12.5 Å². The van der Waals surface area contributed by atoms with Crippen LogP contribution in [-0.4, -0.2) is 0 Å². The molecule has 3 rings (SSSR count). The lowest BCUT2D eigenvalue weighted by molar-refractivity contribution is 0.145. The Hall–Kier alpha value is -1.44. The largest absolute Gasteiger partial charge is 0.469 e. The fraction of sp³-hybridized carbons (Fsp3) is 0.600. The Kier molecular flexibility index (Phi) is 3.54. The summed E-state index contributed by atoms with van der Waals surface area (Å²) >= 11 is 0. The quantitative estimate of drug-likeness (QED) is 0.602. The average molecular weight is 300 g/mol. The fourth-order valence-corrected chi connectivity index (χ4v) is 4.01. The van der Waals surface area contributed by atoms with Gasteiger partial charge in [-0.25, -0.2) is 0 Å². The minimum atomic E-state index is 0.103. The predicted octanol–water partition coefficient (Wildman–Crippen LogP) is 5.93. The van der Waals surface area contributed by atoms with Crippen molar-refractivity contribution in [1.82, 2.24) is 0 Å². The van der Waals surface area contributed by atoms with Crippen molar-refractivity contribution in [1.29, 1.82) is 0 Å². The van der Waals surface area contributed by atoms with E-state index in [1.165, 1.54) is 11.1 Å². The lowest BCUT2D eigenvalue weighted by atomic mass is 9.61. The molecule has 22 heavy (non-hydrogen) atoms. The molecule has 0 bridgehead atoms. The van der Waals surface area contributed by atoms with Crippen molar-refractivity contribution in [3.8, 4) is 0 Å². The first kappa shape index (κ1) is 15.5. The van der Waals surface area contributed by atoms with Crippen molar-refractivity contribution in [2.75, 3.05) is 0 Å². The van der Waals surface area contributed by atoms with Crippen molar-refractivity contribution in [3.63, 3.8) is 0 Å². The highest BCUT2D eigenvalue weighted by molar-refractivity contribution is 5.35. The first-order chi connectivity index (χ1) is 10.2. The number of hydrogen-bond donors (Lipinski definition) is 0. The number of fused-ring (bicyclic) bond motifs is 2. The van der Waals surface area contributed by atoms with Gasteiger partial charge in [-0.3, -0.25) is 0 Å². The van der Waals surface area contributed by atoms with E-state index in [1.54, 1.807) is 0 Å². The first-order valence-corrected chi connectivity index (χ1v) is 8.32. The maximum atomic E-state index is 6.01. The summed E-state index contributed by atoms with van der Waals surface area (Å²) in [4.78, 5) is 0. The van der Waals surface area contributed by atoms with Crippen LogP contribution in [0.25, 0.3) is 0 Å². The van der Waals surface area contributed by atoms with Crippen LogP contribution >= 0.6 is 0 Å². The zero-order valence-corrected chi connectivity index (χ0v) is 14.7. The van der Waals surface area contributed by atoms with E-state index in [0.29, 0.717) is 11.8 Å². The van der Waals surface area contributed by atoms with Crippen LogP contribution in [0.3, 0.4) is 0 Å². The maximum Gasteiger partial charge on any atom is 0.111 e. The molecule has 0 aliphatic heterocycles. The molecule has 1 aliphatic carbocycles. The molecule has 1 aliphatic rings. The summed E-state index contributed by atoms with van der Waals surface area (Å²) in [6.07, 6.45) is 5.77. The van der Waals surface area contributed by atoms with E-state index in [-0.39, 0.29) is 10.8 Å². The minimum absolute atomic E-state index is 0.103. The van der Waals surface area contributed by atoms with Gasteiger partial charge in [-0.1, -0.05) is 41.5 Å². The smallest absolute Gasteiger partial charge is 0.111 e. The molecule has 2 aromatic heterocycles. The van der Waals surface area contributed by atoms with Crippen molar-refractivity contribution in [2.45, 2.75) is 66.2 Å². The topological polar surface area (TPSA) is 26.3 Å². The van der Waals surface area contributed by atoms with Gasteiger partial charge in [-0.15, -0.1) is 0 Å². The Labute approximate surface area is 133 Å². The van der Waals surface area contributed by atoms with Gasteiger partial charge in [0.2, 0.25) is 0 Å². The van der Waals surface area contributed by atoms with Crippen molar-refractivity contribution < 1.29 is 8.83 Å². The van der Waals surface area contributed by atoms with Crippen molar-refractivity contribution in [3.05, 3.63) is 47.3 Å². The minimum Gasteiger partial charge on any atom is -0.469 e. The molecule has 0 radical (unpaired) electrons. The molecule has 0 saturated carbocycles. The predicted molar refractivity (Wildman–Crippen MR) is 89.2 cm³/mol. The highest BCUT2D eigenvalue weighted by Gasteiger charge is 2.46. The lowest BCUT2D eigenvalue weighted by Gasteiger charge is -2.43. The summed E-state index contributed by atoms with van der Waals surface area (Å²) in [7, 11) is 0. The van der Waals surface area contributed by atoms with Crippen LogP contribution in [0.4, 0.5) is 0 Å². The Bertz CT molecular complexity index is 588. The second kappa shape index (κ2) is 5.04. The molecule has 0 saturated heterocycles. The molecule has 2 atom stereocenters. The van der Waals surface area contributed by atoms with Gasteiger partial charge in [0.15, 0.2) is 0 Å². The molecule has 2 aromatic rings. The molecule has 0 fully saturated rings. The van der Waals surface area contributed by atoms with E-state index in [4.69, 9.17) is 8.83 Å². The highest BCUT2D eigenvalue weighted by Crippen LogP contribution is 2.55. The fourth-order valence-electron chi connectivity index (χ4n) is 4.01. The van der Waals surface area contributed by atoms with Crippen LogP contribution in [0.15, 0.2) is 33.5 Å². The molecule has 0 spiro atoms. The SMILES string of the molecule is CC(C)(C)C1c2occc2CCc2ccoc2C1C(C)(C)C. The van der Waals surface area contributed by atoms with Crippen molar-refractivity contribution in [2.24, 2.45) is 10.8 Å². The van der Waals surface area contributed by atoms with Crippen LogP contribution in [0.5, 0.6) is 0 Å². The second-order valence-corrected chi connectivity index (χ2v) is 8.81. The monoisotopic (exact) mass is 300 g/mol. The molecule has 0 amide bonds. The summed E-state index contributed by atoms with van der Waals surface area (Å²) in [5.74, 6) is 2.94. The van der Waals surface area contributed by atoms with E-state index in [9.17, 15) is 0 Å². The number of furan rings is 2. The third-order valence-electron chi connectivity index (χ3n) is 4.99. The molecule has 0 aromatic carbocycles. The average Bonchev–Trinajstić information content (AvgIpc) is 2.95. The second-order valence-electron chi connectivity index (χ2n) is 8.81. The Morgan fingerprint density at radius 3 is 1.41 bits per heavy atom. The van der Waals surface area contributed by atoms with Gasteiger partial charge in [0.1, 0.15) is 11.5 Å². The summed E-state index contributed by atoms with van der Waals surface area (Å²) in [6, 6.07) is 4.30. The normalized spacial score (nSPS) is 22.6. The highest BCUT2D eigenvalue weighted by atomic mass is 16.3. The van der Waals surface area contributed by atoms with E-state index < -0.39 is 0 Å². The third-order valence-corrected chi connectivity index (χ3v) is 4.99. The summed E-state index contributed by atoms with van der Waals surface area (Å²) in [5.41, 5.74) is 2.93. The Morgan fingerprint density at radius 1 is 0.727 bits per heavy atom. The van der Waals surface area contributed by atoms with E-state index >= 15 is 0 Å². The van der Waals surface area contributed by atoms with Crippen LogP contribution in [0.2, 0.25) is 0 Å². The molecule has 2 heterocycles. The zero-order chi connectivity index (χ0) is 16.1. The summed E-state index contributed by atoms with van der Waals surface area (Å²) in [5, 5.41) is 0. The van der Waals surface area contributed by atoms with E-state index in [2.05, 4.69) is 53.7 Å². The summed E-state index contributed by atoms with van der Waals surface area (Å²) in [6.45, 7) is 13.9. The Balaban J connectivity index is 2.25. The van der Waals surface area contributed by atoms with Crippen LogP contribution in [0, 0.1) is 10.8 Å². The van der Waals surface area contributed by atoms with Crippen LogP contribution < -0.4 is 0 Å². The van der Waals surface area contributed by atoms with Crippen LogP contribution in [0.1, 0.15) is 76.0 Å². The van der Waals surface area contributed by atoms with Crippen LogP contribution in [-0.2, 0) is 12.8 Å². The van der Waals surface area contributed by atoms with Gasteiger partial charge in [0.05, 0.1) is 12.5 Å². The number of hydrogen-bond acceptors (Lipinski definition) is 2. The van der Waals surface area contributed by atoms with Gasteiger partial charge < -0.3 is 8.83 Å². The third kappa shape index (κ3) is 2.53. The van der Waals surface area contributed by atoms with E-state index in [0.717, 1.165) is 24.4 Å². The molecular weight excluding hydrogens is 272 g/mol. The van der Waals surface area contributed by atoms with Gasteiger partial charge in [0, 0.05) is 11.8 Å². The summed E-state index contributed by atoms with van der Waals surface area (Å²) < 4.78 is 12.0. The standard InChI is InChI=1S/C20H28O2/c1-19(2,3)15-16(20(4,5)6)18-14(10-12-22-18)8-7-13-9-11-21-17(13)15/h9-12,15-16H,7-8H2,1-6H3. The molecule has 2 nitrogen and oxygen atoms in total. The van der Waals surface area contributed by atoms with Gasteiger partial charge in [0.25, 0.3) is 0 Å². The first-order valence-electron chi connectivity index (χ1n) is 8.32. The molecule has 2 heteroatoms. The van der Waals surface area contributed by atoms with Gasteiger partial charge in [-0.05, 0) is 46.9 Å². The zero-order valence-electron chi connectivity index (χ0n) is 14.7. The van der Waals surface area contributed by atoms with Gasteiger partial charge in [-0.2, -0.15) is 0 Å².